The van der Waals surface area contributed by atoms with Crippen molar-refractivity contribution in [3.8, 4) is 0 Å². The summed E-state index contributed by atoms with van der Waals surface area (Å²) in [5.74, 6) is 1.07. The Bertz CT molecular complexity index is 456. The Hall–Kier alpha value is -0.830. The Balaban J connectivity index is 1.97. The molecule has 0 radical (unpaired) electrons. The number of esters is 1. The van der Waals surface area contributed by atoms with E-state index in [4.69, 9.17) is 4.74 Å². The summed E-state index contributed by atoms with van der Waals surface area (Å²) in [6.45, 7) is 4.31. The molecule has 98 valence electrons. The maximum atomic E-state index is 11.4. The van der Waals surface area contributed by atoms with Crippen LogP contribution < -0.4 is 0 Å². The van der Waals surface area contributed by atoms with Crippen LogP contribution in [0.25, 0.3) is 0 Å². The first-order chi connectivity index (χ1) is 8.52. The molecule has 0 aromatic heterocycles. The number of halogens is 1. The summed E-state index contributed by atoms with van der Waals surface area (Å²) in [5.41, 5.74) is 2.59. The van der Waals surface area contributed by atoms with Crippen LogP contribution in [0.15, 0.2) is 22.7 Å². The number of carbonyl (C=O) groups is 1. The number of hydrogen-bond donors (Lipinski definition) is 0. The number of rotatable bonds is 4. The van der Waals surface area contributed by atoms with Gasteiger partial charge in [0.2, 0.25) is 0 Å². The molecule has 0 aliphatic heterocycles. The van der Waals surface area contributed by atoms with E-state index in [1.165, 1.54) is 22.7 Å². The molecule has 0 amide bonds. The van der Waals surface area contributed by atoms with Crippen molar-refractivity contribution in [2.75, 3.05) is 7.11 Å². The molecule has 0 saturated heterocycles. The van der Waals surface area contributed by atoms with Gasteiger partial charge in [0.25, 0.3) is 0 Å². The third-order valence-corrected chi connectivity index (χ3v) is 4.46. The maximum Gasteiger partial charge on any atom is 0.308 e. The van der Waals surface area contributed by atoms with E-state index in [1.54, 1.807) is 0 Å². The van der Waals surface area contributed by atoms with Gasteiger partial charge in [0.15, 0.2) is 0 Å². The van der Waals surface area contributed by atoms with Crippen LogP contribution in [0, 0.1) is 18.8 Å². The summed E-state index contributed by atoms with van der Waals surface area (Å²) in [6, 6.07) is 6.47. The lowest BCUT2D eigenvalue weighted by Gasteiger charge is -2.14. The van der Waals surface area contributed by atoms with Crippen LogP contribution in [-0.2, 0) is 9.53 Å². The van der Waals surface area contributed by atoms with Crippen LogP contribution in [0.4, 0.5) is 0 Å². The fourth-order valence-corrected chi connectivity index (χ4v) is 3.45. The fraction of sp³-hybridized carbons (Fsp3) is 0.533. The zero-order valence-electron chi connectivity index (χ0n) is 11.1. The van der Waals surface area contributed by atoms with Gasteiger partial charge in [0.1, 0.15) is 0 Å². The van der Waals surface area contributed by atoms with E-state index < -0.39 is 0 Å². The number of aryl methyl sites for hydroxylation is 1. The van der Waals surface area contributed by atoms with Gasteiger partial charge >= 0.3 is 5.97 Å². The van der Waals surface area contributed by atoms with Gasteiger partial charge in [-0.1, -0.05) is 35.0 Å². The quantitative estimate of drug-likeness (QED) is 0.784. The molecule has 1 aromatic rings. The Kier molecular flexibility index (Phi) is 4.10. The fourth-order valence-electron chi connectivity index (χ4n) is 2.56. The first kappa shape index (κ1) is 13.6. The lowest BCUT2D eigenvalue weighted by molar-refractivity contribution is -0.142. The normalized spacial score (nSPS) is 23.6. The third-order valence-electron chi connectivity index (χ3n) is 3.77. The summed E-state index contributed by atoms with van der Waals surface area (Å²) in [4.78, 5) is 11.4. The van der Waals surface area contributed by atoms with Gasteiger partial charge in [-0.2, -0.15) is 0 Å². The maximum absolute atomic E-state index is 11.4. The SMILES string of the molecule is COC(=O)C1CC1CC(C)c1ccc(C)cc1Br. The van der Waals surface area contributed by atoms with E-state index in [1.807, 2.05) is 0 Å². The van der Waals surface area contributed by atoms with Crippen molar-refractivity contribution in [1.82, 2.24) is 0 Å². The molecule has 1 aliphatic carbocycles. The average molecular weight is 311 g/mol. The van der Waals surface area contributed by atoms with Gasteiger partial charge in [-0.25, -0.2) is 0 Å². The molecular weight excluding hydrogens is 292 g/mol. The molecular formula is C15H19BrO2. The second kappa shape index (κ2) is 5.43. The minimum absolute atomic E-state index is 0.0461. The molecule has 2 nitrogen and oxygen atoms in total. The second-order valence-electron chi connectivity index (χ2n) is 5.29. The van der Waals surface area contributed by atoms with Gasteiger partial charge in [0, 0.05) is 4.47 Å². The van der Waals surface area contributed by atoms with Crippen molar-refractivity contribution >= 4 is 21.9 Å². The van der Waals surface area contributed by atoms with Crippen molar-refractivity contribution in [2.45, 2.75) is 32.6 Å². The molecule has 3 atom stereocenters. The molecule has 0 heterocycles. The van der Waals surface area contributed by atoms with Crippen LogP contribution in [-0.4, -0.2) is 13.1 Å². The molecule has 1 aliphatic rings. The lowest BCUT2D eigenvalue weighted by Crippen LogP contribution is -2.06. The summed E-state index contributed by atoms with van der Waals surface area (Å²) in [6.07, 6.45) is 2.04. The average Bonchev–Trinajstić information content (AvgIpc) is 3.07. The summed E-state index contributed by atoms with van der Waals surface area (Å²) >= 11 is 3.62. The zero-order chi connectivity index (χ0) is 13.3. The highest BCUT2D eigenvalue weighted by molar-refractivity contribution is 9.10. The Morgan fingerprint density at radius 3 is 2.89 bits per heavy atom. The van der Waals surface area contributed by atoms with Crippen LogP contribution in [0.1, 0.15) is 36.8 Å². The molecule has 1 saturated carbocycles. The van der Waals surface area contributed by atoms with E-state index in [9.17, 15) is 4.79 Å². The number of methoxy groups -OCH3 is 1. The first-order valence-electron chi connectivity index (χ1n) is 6.36. The van der Waals surface area contributed by atoms with E-state index in [2.05, 4.69) is 48.0 Å². The van der Waals surface area contributed by atoms with Crippen LogP contribution in [0.5, 0.6) is 0 Å². The summed E-state index contributed by atoms with van der Waals surface area (Å²) in [5, 5.41) is 0. The van der Waals surface area contributed by atoms with Crippen molar-refractivity contribution < 1.29 is 9.53 Å². The van der Waals surface area contributed by atoms with Crippen LogP contribution in [0.3, 0.4) is 0 Å². The molecule has 0 bridgehead atoms. The molecule has 0 N–H and O–H groups in total. The van der Waals surface area contributed by atoms with Gasteiger partial charge in [0.05, 0.1) is 13.0 Å². The monoisotopic (exact) mass is 310 g/mol. The van der Waals surface area contributed by atoms with Gasteiger partial charge in [-0.05, 0) is 48.8 Å². The predicted octanol–water partition coefficient (Wildman–Crippen LogP) is 4.06. The van der Waals surface area contributed by atoms with E-state index in [0.29, 0.717) is 11.8 Å². The largest absolute Gasteiger partial charge is 0.469 e. The Morgan fingerprint density at radius 2 is 2.28 bits per heavy atom. The van der Waals surface area contributed by atoms with Crippen molar-refractivity contribution in [1.29, 1.82) is 0 Å². The first-order valence-corrected chi connectivity index (χ1v) is 7.16. The van der Waals surface area contributed by atoms with Gasteiger partial charge in [-0.3, -0.25) is 4.79 Å². The predicted molar refractivity (Wildman–Crippen MR) is 75.5 cm³/mol. The minimum atomic E-state index is -0.0461. The highest BCUT2D eigenvalue weighted by atomic mass is 79.9. The Morgan fingerprint density at radius 1 is 1.56 bits per heavy atom. The highest BCUT2D eigenvalue weighted by Crippen LogP contribution is 2.46. The molecule has 18 heavy (non-hydrogen) atoms. The van der Waals surface area contributed by atoms with Crippen molar-refractivity contribution in [3.05, 3.63) is 33.8 Å². The van der Waals surface area contributed by atoms with Gasteiger partial charge < -0.3 is 4.74 Å². The number of carbonyl (C=O) groups excluding carboxylic acids is 1. The summed E-state index contributed by atoms with van der Waals surface area (Å²) in [7, 11) is 1.47. The minimum Gasteiger partial charge on any atom is -0.469 e. The molecule has 1 fully saturated rings. The van der Waals surface area contributed by atoms with Gasteiger partial charge in [-0.15, -0.1) is 0 Å². The van der Waals surface area contributed by atoms with E-state index >= 15 is 0 Å². The highest BCUT2D eigenvalue weighted by Gasteiger charge is 2.44. The molecule has 2 rings (SSSR count). The molecule has 1 aromatic carbocycles. The van der Waals surface area contributed by atoms with Crippen LogP contribution in [0.2, 0.25) is 0 Å². The van der Waals surface area contributed by atoms with Crippen molar-refractivity contribution in [3.63, 3.8) is 0 Å². The third kappa shape index (κ3) is 2.94. The van der Waals surface area contributed by atoms with E-state index in [0.717, 1.165) is 12.8 Å². The molecule has 3 unspecified atom stereocenters. The second-order valence-corrected chi connectivity index (χ2v) is 6.14. The zero-order valence-corrected chi connectivity index (χ0v) is 12.7. The molecule has 0 spiro atoms. The smallest absolute Gasteiger partial charge is 0.308 e. The standard InChI is InChI=1S/C15H19BrO2/c1-9-4-5-12(14(16)6-9)10(2)7-11-8-13(11)15(17)18-3/h4-6,10-11,13H,7-8H2,1-3H3. The lowest BCUT2D eigenvalue weighted by atomic mass is 9.94. The Labute approximate surface area is 117 Å². The topological polar surface area (TPSA) is 26.3 Å². The number of ether oxygens (including phenoxy) is 1. The molecule has 3 heteroatoms. The number of hydrogen-bond acceptors (Lipinski definition) is 2. The van der Waals surface area contributed by atoms with Crippen molar-refractivity contribution in [2.24, 2.45) is 11.8 Å². The number of benzene rings is 1. The van der Waals surface area contributed by atoms with Crippen LogP contribution >= 0.6 is 15.9 Å². The summed E-state index contributed by atoms with van der Waals surface area (Å²) < 4.78 is 5.95. The van der Waals surface area contributed by atoms with E-state index in [-0.39, 0.29) is 11.9 Å².